The van der Waals surface area contributed by atoms with E-state index in [0.29, 0.717) is 0 Å². The molecule has 4 heterocycles. The smallest absolute Gasteiger partial charge is 0.189 e. The van der Waals surface area contributed by atoms with Crippen molar-refractivity contribution in [2.24, 2.45) is 0 Å². The topological polar surface area (TPSA) is 124 Å². The second-order valence-corrected chi connectivity index (χ2v) is 11.9. The molecule has 0 saturated carbocycles. The summed E-state index contributed by atoms with van der Waals surface area (Å²) < 4.78 is 54.5. The van der Waals surface area contributed by atoms with Crippen LogP contribution < -0.4 is 0 Å². The Morgan fingerprint density at radius 3 is 2.24 bits per heavy atom. The lowest BCUT2D eigenvalue weighted by Gasteiger charge is -2.48. The molecule has 0 radical (unpaired) electrons. The van der Waals surface area contributed by atoms with Gasteiger partial charge in [-0.3, -0.25) is 0 Å². The van der Waals surface area contributed by atoms with E-state index in [9.17, 15) is 10.2 Å². The van der Waals surface area contributed by atoms with Crippen LogP contribution in [0.1, 0.15) is 45.1 Å². The van der Waals surface area contributed by atoms with Crippen LogP contribution in [0, 0.1) is 0 Å². The summed E-state index contributed by atoms with van der Waals surface area (Å²) in [5.74, 6) is -1.80. The molecule has 0 spiro atoms. The van der Waals surface area contributed by atoms with E-state index in [-0.39, 0.29) is 19.8 Å². The van der Waals surface area contributed by atoms with Gasteiger partial charge in [-0.2, -0.15) is 0 Å². The molecule has 4 fully saturated rings. The second-order valence-electron chi connectivity index (χ2n) is 11.9. The molecule has 2 N–H and O–H groups in total. The van der Waals surface area contributed by atoms with Crippen LogP contribution in [-0.4, -0.2) is 90.3 Å². The lowest BCUT2D eigenvalue weighted by atomic mass is 9.97. The van der Waals surface area contributed by atoms with Gasteiger partial charge in [0.2, 0.25) is 0 Å². The maximum atomic E-state index is 11.5. The van der Waals surface area contributed by atoms with Gasteiger partial charge in [0.1, 0.15) is 42.7 Å². The first-order valence-corrected chi connectivity index (χ1v) is 14.4. The Morgan fingerprint density at radius 2 is 1.55 bits per heavy atom. The first-order chi connectivity index (χ1) is 20.1. The maximum Gasteiger partial charge on any atom is 0.189 e. The standard InChI is InChI=1S/C31H40O11/c1-30(2)36-17-21(40-30)24-26(42-31(3,4)41-24)27(33)39-29-22(32)25(34-15-18-11-7-5-8-12-18)23-20(37-29)16-35-28(38-23)19-13-9-6-10-14-19/h5-14,20-29,32-33H,15-17H2,1-4H3/t20-,21-,22+,23-,24-,25-,26+,27?,28?,29+/m1/s1. The molecule has 6 rings (SSSR count). The highest BCUT2D eigenvalue weighted by Crippen LogP contribution is 2.39. The fraction of sp³-hybridized carbons (Fsp3) is 0.613. The number of fused-ring (bicyclic) bond motifs is 1. The number of aliphatic hydroxyl groups excluding tert-OH is 2. The summed E-state index contributed by atoms with van der Waals surface area (Å²) in [6, 6.07) is 19.2. The molecule has 4 aliphatic rings. The minimum atomic E-state index is -1.53. The third-order valence-electron chi connectivity index (χ3n) is 7.78. The molecular formula is C31H40O11. The van der Waals surface area contributed by atoms with Crippen molar-refractivity contribution in [2.75, 3.05) is 13.2 Å². The van der Waals surface area contributed by atoms with E-state index >= 15 is 0 Å². The van der Waals surface area contributed by atoms with Crippen molar-refractivity contribution in [2.45, 2.75) is 107 Å². The van der Waals surface area contributed by atoms with Crippen LogP contribution in [0.15, 0.2) is 60.7 Å². The highest BCUT2D eigenvalue weighted by atomic mass is 16.8. The van der Waals surface area contributed by atoms with Gasteiger partial charge in [0.25, 0.3) is 0 Å². The molecule has 2 aromatic carbocycles. The molecule has 230 valence electrons. The van der Waals surface area contributed by atoms with Crippen molar-refractivity contribution in [3.8, 4) is 0 Å². The van der Waals surface area contributed by atoms with E-state index in [2.05, 4.69) is 0 Å². The predicted octanol–water partition coefficient (Wildman–Crippen LogP) is 2.78. The zero-order chi connectivity index (χ0) is 29.5. The maximum absolute atomic E-state index is 11.5. The number of hydrogen-bond acceptors (Lipinski definition) is 11. The third-order valence-corrected chi connectivity index (χ3v) is 7.78. The van der Waals surface area contributed by atoms with Gasteiger partial charge < -0.3 is 52.8 Å². The van der Waals surface area contributed by atoms with Gasteiger partial charge >= 0.3 is 0 Å². The van der Waals surface area contributed by atoms with Gasteiger partial charge in [0, 0.05) is 5.56 Å². The van der Waals surface area contributed by atoms with Crippen molar-refractivity contribution in [1.29, 1.82) is 0 Å². The van der Waals surface area contributed by atoms with Crippen LogP contribution in [0.2, 0.25) is 0 Å². The Morgan fingerprint density at radius 1 is 0.833 bits per heavy atom. The molecule has 0 aromatic heterocycles. The van der Waals surface area contributed by atoms with E-state index in [0.717, 1.165) is 11.1 Å². The Labute approximate surface area is 245 Å². The van der Waals surface area contributed by atoms with Crippen LogP contribution in [0.25, 0.3) is 0 Å². The number of benzene rings is 2. The number of rotatable bonds is 8. The lowest BCUT2D eigenvalue weighted by molar-refractivity contribution is -0.386. The molecule has 2 unspecified atom stereocenters. The molecule has 0 bridgehead atoms. The van der Waals surface area contributed by atoms with Crippen LogP contribution in [0.5, 0.6) is 0 Å². The molecule has 0 aliphatic carbocycles. The van der Waals surface area contributed by atoms with Crippen molar-refractivity contribution in [1.82, 2.24) is 0 Å². The quantitative estimate of drug-likeness (QED) is 0.443. The zero-order valence-electron chi connectivity index (χ0n) is 24.2. The SMILES string of the molecule is CC1(C)O[C@H]([C@H]2COC(C)(C)O2)[C@@H](C(O)O[C@@H]2O[C@@H]3COC(c4ccccc4)O[C@H]3[C@H](OCc3ccccc3)[C@@H]2O)O1. The lowest BCUT2D eigenvalue weighted by Crippen LogP contribution is -2.63. The number of ether oxygens (including phenoxy) is 9. The fourth-order valence-electron chi connectivity index (χ4n) is 5.83. The van der Waals surface area contributed by atoms with Crippen LogP contribution in [0.3, 0.4) is 0 Å². The Balaban J connectivity index is 1.18. The Bertz CT molecular complexity index is 1160. The van der Waals surface area contributed by atoms with E-state index in [1.54, 1.807) is 13.8 Å². The largest absolute Gasteiger partial charge is 0.385 e. The summed E-state index contributed by atoms with van der Waals surface area (Å²) >= 11 is 0. The molecule has 4 aliphatic heterocycles. The minimum Gasteiger partial charge on any atom is -0.385 e. The van der Waals surface area contributed by atoms with Gasteiger partial charge in [0.15, 0.2) is 30.4 Å². The van der Waals surface area contributed by atoms with E-state index in [1.807, 2.05) is 74.5 Å². The van der Waals surface area contributed by atoms with Gasteiger partial charge in [0.05, 0.1) is 19.8 Å². The average molecular weight is 589 g/mol. The molecule has 0 amide bonds. The van der Waals surface area contributed by atoms with Crippen LogP contribution >= 0.6 is 0 Å². The first kappa shape index (κ1) is 30.0. The van der Waals surface area contributed by atoms with Crippen molar-refractivity contribution in [3.63, 3.8) is 0 Å². The Kier molecular flexibility index (Phi) is 8.71. The normalized spacial score (nSPS) is 38.2. The molecule has 2 aromatic rings. The summed E-state index contributed by atoms with van der Waals surface area (Å²) in [6.07, 6.45) is -9.04. The van der Waals surface area contributed by atoms with Gasteiger partial charge in [-0.1, -0.05) is 60.7 Å². The third kappa shape index (κ3) is 6.57. The number of hydrogen-bond donors (Lipinski definition) is 2. The highest BCUT2D eigenvalue weighted by molar-refractivity contribution is 5.17. The minimum absolute atomic E-state index is 0.166. The van der Waals surface area contributed by atoms with Crippen molar-refractivity contribution < 1.29 is 52.8 Å². The molecule has 11 heteroatoms. The van der Waals surface area contributed by atoms with Gasteiger partial charge in [-0.15, -0.1) is 0 Å². The van der Waals surface area contributed by atoms with Gasteiger partial charge in [-0.25, -0.2) is 0 Å². The Hall–Kier alpha value is -2.00. The van der Waals surface area contributed by atoms with E-state index in [4.69, 9.17) is 42.6 Å². The number of aliphatic hydroxyl groups is 2. The fourth-order valence-corrected chi connectivity index (χ4v) is 5.83. The van der Waals surface area contributed by atoms with E-state index < -0.39 is 73.2 Å². The average Bonchev–Trinajstić information content (AvgIpc) is 3.51. The first-order valence-electron chi connectivity index (χ1n) is 14.4. The molecule has 4 saturated heterocycles. The summed E-state index contributed by atoms with van der Waals surface area (Å²) in [4.78, 5) is 0. The van der Waals surface area contributed by atoms with Crippen LogP contribution in [-0.2, 0) is 49.2 Å². The summed E-state index contributed by atoms with van der Waals surface area (Å²) in [5, 5.41) is 22.8. The second kappa shape index (κ2) is 12.2. The van der Waals surface area contributed by atoms with Crippen LogP contribution in [0.4, 0.5) is 0 Å². The monoisotopic (exact) mass is 588 g/mol. The summed E-state index contributed by atoms with van der Waals surface area (Å²) in [5.41, 5.74) is 1.77. The van der Waals surface area contributed by atoms with Crippen molar-refractivity contribution in [3.05, 3.63) is 71.8 Å². The van der Waals surface area contributed by atoms with Gasteiger partial charge in [-0.05, 0) is 33.3 Å². The molecular weight excluding hydrogens is 548 g/mol. The molecule has 10 atom stereocenters. The molecule has 42 heavy (non-hydrogen) atoms. The zero-order valence-corrected chi connectivity index (χ0v) is 24.2. The molecule has 11 nitrogen and oxygen atoms in total. The van der Waals surface area contributed by atoms with E-state index in [1.165, 1.54) is 0 Å². The predicted molar refractivity (Wildman–Crippen MR) is 146 cm³/mol. The van der Waals surface area contributed by atoms with Crippen molar-refractivity contribution >= 4 is 0 Å². The highest BCUT2D eigenvalue weighted by Gasteiger charge is 2.55. The summed E-state index contributed by atoms with van der Waals surface area (Å²) in [7, 11) is 0. The summed E-state index contributed by atoms with van der Waals surface area (Å²) in [6.45, 7) is 7.77.